The Bertz CT molecular complexity index is 636. The molecule has 1 aliphatic heterocycles. The van der Waals surface area contributed by atoms with Gasteiger partial charge in [0.1, 0.15) is 12.1 Å². The number of anilines is 1. The van der Waals surface area contributed by atoms with Crippen molar-refractivity contribution in [3.05, 3.63) is 18.1 Å². The fraction of sp³-hybridized carbons (Fsp3) is 0.643. The van der Waals surface area contributed by atoms with Gasteiger partial charge < -0.3 is 10.6 Å². The van der Waals surface area contributed by atoms with Gasteiger partial charge in [-0.1, -0.05) is 6.42 Å². The molecule has 2 aromatic rings. The molecule has 1 saturated carbocycles. The van der Waals surface area contributed by atoms with Crippen molar-refractivity contribution in [2.75, 3.05) is 18.0 Å². The van der Waals surface area contributed by atoms with Crippen molar-refractivity contribution in [2.24, 2.45) is 17.6 Å². The Morgan fingerprint density at radius 3 is 3.05 bits per heavy atom. The van der Waals surface area contributed by atoms with Crippen molar-refractivity contribution in [3.8, 4) is 0 Å². The van der Waals surface area contributed by atoms with E-state index in [0.717, 1.165) is 30.5 Å². The molecule has 3 unspecified atom stereocenters. The van der Waals surface area contributed by atoms with E-state index in [2.05, 4.69) is 26.0 Å². The van der Waals surface area contributed by atoms with Gasteiger partial charge in [0.2, 0.25) is 0 Å². The van der Waals surface area contributed by atoms with Crippen LogP contribution in [-0.4, -0.2) is 38.7 Å². The number of hydrogen-bond acceptors (Lipinski definition) is 5. The van der Waals surface area contributed by atoms with Crippen LogP contribution in [0.2, 0.25) is 0 Å². The van der Waals surface area contributed by atoms with Gasteiger partial charge in [-0.15, -0.1) is 0 Å². The number of rotatable bonds is 1. The van der Waals surface area contributed by atoms with Crippen LogP contribution in [0.5, 0.6) is 0 Å². The van der Waals surface area contributed by atoms with Gasteiger partial charge in [0.05, 0.1) is 0 Å². The minimum absolute atomic E-state index is 0.355. The maximum Gasteiger partial charge on any atom is 0.254 e. The summed E-state index contributed by atoms with van der Waals surface area (Å²) in [5.74, 6) is 3.13. The van der Waals surface area contributed by atoms with Gasteiger partial charge in [0, 0.05) is 30.9 Å². The van der Waals surface area contributed by atoms with Gasteiger partial charge in [-0.3, -0.25) is 0 Å². The van der Waals surface area contributed by atoms with Gasteiger partial charge in [-0.25, -0.2) is 4.98 Å². The summed E-state index contributed by atoms with van der Waals surface area (Å²) in [6, 6.07) is 2.46. The first-order valence-electron chi connectivity index (χ1n) is 7.40. The van der Waals surface area contributed by atoms with Crippen LogP contribution < -0.4 is 10.6 Å². The number of nitrogens with two attached hydrogens (primary N) is 1. The zero-order valence-corrected chi connectivity index (χ0v) is 11.7. The number of fused-ring (bicyclic) bond motifs is 2. The van der Waals surface area contributed by atoms with Crippen LogP contribution in [0.25, 0.3) is 5.78 Å². The Morgan fingerprint density at radius 1 is 1.30 bits per heavy atom. The second kappa shape index (κ2) is 4.41. The summed E-state index contributed by atoms with van der Waals surface area (Å²) in [6.07, 6.45) is 5.31. The molecule has 2 fully saturated rings. The zero-order valence-electron chi connectivity index (χ0n) is 11.7. The highest BCUT2D eigenvalue weighted by atomic mass is 15.4. The Hall–Kier alpha value is -1.69. The average molecular weight is 272 g/mol. The fourth-order valence-corrected chi connectivity index (χ4v) is 3.84. The van der Waals surface area contributed by atoms with Gasteiger partial charge in [-0.2, -0.15) is 14.6 Å². The van der Waals surface area contributed by atoms with Crippen LogP contribution >= 0.6 is 0 Å². The Labute approximate surface area is 118 Å². The first kappa shape index (κ1) is 12.1. The number of nitrogens with zero attached hydrogens (tertiary/aromatic N) is 5. The van der Waals surface area contributed by atoms with Crippen molar-refractivity contribution in [1.82, 2.24) is 19.6 Å². The third-order valence-electron chi connectivity index (χ3n) is 4.84. The van der Waals surface area contributed by atoms with Crippen molar-refractivity contribution >= 4 is 11.6 Å². The zero-order chi connectivity index (χ0) is 13.7. The highest BCUT2D eigenvalue weighted by Gasteiger charge is 2.39. The largest absolute Gasteiger partial charge is 0.356 e. The molecule has 0 amide bonds. The van der Waals surface area contributed by atoms with Gasteiger partial charge in [0.15, 0.2) is 0 Å². The van der Waals surface area contributed by atoms with Gasteiger partial charge >= 0.3 is 0 Å². The third-order valence-corrected chi connectivity index (χ3v) is 4.84. The standard InChI is InChI=1S/C14H20N6/c1-9-5-13(20-14(18-9)16-8-17-20)19-6-10-3-2-4-12(15)11(10)7-19/h5,8,10-12H,2-4,6-7,15H2,1H3. The second-order valence-corrected chi connectivity index (χ2v) is 6.15. The Balaban J connectivity index is 1.72. The molecule has 0 radical (unpaired) electrons. The molecule has 20 heavy (non-hydrogen) atoms. The van der Waals surface area contributed by atoms with E-state index in [1.165, 1.54) is 19.3 Å². The van der Waals surface area contributed by atoms with E-state index in [0.29, 0.717) is 17.7 Å². The summed E-state index contributed by atoms with van der Waals surface area (Å²) < 4.78 is 1.84. The van der Waals surface area contributed by atoms with E-state index in [1.807, 2.05) is 11.4 Å². The molecule has 2 N–H and O–H groups in total. The molecule has 1 saturated heterocycles. The lowest BCUT2D eigenvalue weighted by atomic mass is 9.78. The SMILES string of the molecule is Cc1cc(N2CC3CCCC(N)C3C2)n2ncnc2n1. The normalized spacial score (nSPS) is 29.9. The molecule has 3 heterocycles. The first-order valence-corrected chi connectivity index (χ1v) is 7.40. The Kier molecular flexibility index (Phi) is 2.66. The minimum Gasteiger partial charge on any atom is -0.356 e. The van der Waals surface area contributed by atoms with E-state index >= 15 is 0 Å². The highest BCUT2D eigenvalue weighted by molar-refractivity contribution is 5.48. The van der Waals surface area contributed by atoms with Crippen molar-refractivity contribution in [3.63, 3.8) is 0 Å². The molecule has 4 rings (SSSR count). The van der Waals surface area contributed by atoms with Crippen LogP contribution in [0.15, 0.2) is 12.4 Å². The summed E-state index contributed by atoms with van der Waals surface area (Å²) in [4.78, 5) is 11.0. The predicted molar refractivity (Wildman–Crippen MR) is 76.5 cm³/mol. The lowest BCUT2D eigenvalue weighted by molar-refractivity contribution is 0.260. The van der Waals surface area contributed by atoms with E-state index in [1.54, 1.807) is 6.33 Å². The number of hydrogen-bond donors (Lipinski definition) is 1. The molecule has 3 atom stereocenters. The number of aryl methyl sites for hydroxylation is 1. The quantitative estimate of drug-likeness (QED) is 0.838. The van der Waals surface area contributed by atoms with Crippen LogP contribution in [-0.2, 0) is 0 Å². The van der Waals surface area contributed by atoms with E-state index in [4.69, 9.17) is 5.73 Å². The molecule has 106 valence electrons. The molecular weight excluding hydrogens is 252 g/mol. The van der Waals surface area contributed by atoms with Crippen molar-refractivity contribution in [1.29, 1.82) is 0 Å². The molecular formula is C14H20N6. The lowest BCUT2D eigenvalue weighted by Crippen LogP contribution is -2.38. The summed E-state index contributed by atoms with van der Waals surface area (Å²) in [5.41, 5.74) is 7.29. The van der Waals surface area contributed by atoms with E-state index in [9.17, 15) is 0 Å². The monoisotopic (exact) mass is 272 g/mol. The van der Waals surface area contributed by atoms with Gasteiger partial charge in [-0.05, 0) is 31.6 Å². The molecule has 6 nitrogen and oxygen atoms in total. The molecule has 0 bridgehead atoms. The molecule has 2 aliphatic rings. The van der Waals surface area contributed by atoms with Crippen LogP contribution in [0.4, 0.5) is 5.82 Å². The van der Waals surface area contributed by atoms with E-state index < -0.39 is 0 Å². The maximum absolute atomic E-state index is 6.31. The van der Waals surface area contributed by atoms with Gasteiger partial charge in [0.25, 0.3) is 5.78 Å². The average Bonchev–Trinajstić information content (AvgIpc) is 3.04. The highest BCUT2D eigenvalue weighted by Crippen LogP contribution is 2.37. The minimum atomic E-state index is 0.355. The molecule has 0 spiro atoms. The summed E-state index contributed by atoms with van der Waals surface area (Å²) in [6.45, 7) is 4.12. The van der Waals surface area contributed by atoms with E-state index in [-0.39, 0.29) is 0 Å². The summed E-state index contributed by atoms with van der Waals surface area (Å²) >= 11 is 0. The van der Waals surface area contributed by atoms with Crippen LogP contribution in [0.3, 0.4) is 0 Å². The maximum atomic E-state index is 6.31. The first-order chi connectivity index (χ1) is 9.72. The predicted octanol–water partition coefficient (Wildman–Crippen LogP) is 0.996. The fourth-order valence-electron chi connectivity index (χ4n) is 3.84. The topological polar surface area (TPSA) is 72.3 Å². The summed E-state index contributed by atoms with van der Waals surface area (Å²) in [7, 11) is 0. The summed E-state index contributed by atoms with van der Waals surface area (Å²) in [5, 5.41) is 4.31. The smallest absolute Gasteiger partial charge is 0.254 e. The Morgan fingerprint density at radius 2 is 2.20 bits per heavy atom. The number of aromatic nitrogens is 4. The van der Waals surface area contributed by atoms with Crippen molar-refractivity contribution in [2.45, 2.75) is 32.2 Å². The second-order valence-electron chi connectivity index (χ2n) is 6.15. The van der Waals surface area contributed by atoms with Crippen molar-refractivity contribution < 1.29 is 0 Å². The molecule has 2 aromatic heterocycles. The van der Waals surface area contributed by atoms with Crippen LogP contribution in [0, 0.1) is 18.8 Å². The third kappa shape index (κ3) is 1.78. The molecule has 1 aliphatic carbocycles. The lowest BCUT2D eigenvalue weighted by Gasteiger charge is -2.29. The van der Waals surface area contributed by atoms with Crippen LogP contribution in [0.1, 0.15) is 25.0 Å². The molecule has 6 heteroatoms. The molecule has 0 aromatic carbocycles.